The van der Waals surface area contributed by atoms with Gasteiger partial charge in [0.2, 0.25) is 0 Å². The van der Waals surface area contributed by atoms with Crippen LogP contribution < -0.4 is 4.74 Å². The third-order valence-electron chi connectivity index (χ3n) is 3.45. The Balaban J connectivity index is 2.12. The lowest BCUT2D eigenvalue weighted by Gasteiger charge is -2.02. The quantitative estimate of drug-likeness (QED) is 0.482. The lowest BCUT2D eigenvalue weighted by molar-refractivity contribution is 0.418. The summed E-state index contributed by atoms with van der Waals surface area (Å²) in [5, 5.41) is 10.8. The molecule has 0 fully saturated rings. The number of hydrogen-bond acceptors (Lipinski definition) is 4. The molecule has 3 aromatic rings. The van der Waals surface area contributed by atoms with Gasteiger partial charge in [-0.05, 0) is 42.8 Å². The Hall–Kier alpha value is -1.87. The van der Waals surface area contributed by atoms with Gasteiger partial charge in [0.05, 0.1) is 28.5 Å². The molecule has 0 saturated carbocycles. The number of aryl methyl sites for hydroxylation is 1. The highest BCUT2D eigenvalue weighted by Gasteiger charge is 2.12. The number of ether oxygens (including phenoxy) is 1. The number of thiazole rings is 1. The average Bonchev–Trinajstić information content (AvgIpc) is 2.94. The largest absolute Gasteiger partial charge is 0.494 e. The number of allylic oxidation sites excluding steroid dienone is 1. The molecule has 1 aromatic heterocycles. The molecule has 3 nitrogen and oxygen atoms in total. The van der Waals surface area contributed by atoms with Crippen molar-refractivity contribution in [3.05, 3.63) is 56.0 Å². The van der Waals surface area contributed by atoms with Crippen LogP contribution in [0.1, 0.15) is 16.1 Å². The lowest BCUT2D eigenvalue weighted by atomic mass is 10.1. The van der Waals surface area contributed by atoms with Crippen LogP contribution in [0.2, 0.25) is 5.02 Å². The number of hydrogen-bond donors (Lipinski definition) is 0. The van der Waals surface area contributed by atoms with Crippen molar-refractivity contribution in [3.8, 4) is 11.8 Å². The molecule has 0 atom stereocenters. The van der Waals surface area contributed by atoms with Gasteiger partial charge in [-0.15, -0.1) is 11.3 Å². The Kier molecular flexibility index (Phi) is 4.91. The van der Waals surface area contributed by atoms with Gasteiger partial charge in [-0.2, -0.15) is 5.26 Å². The Morgan fingerprint density at radius 2 is 2.17 bits per heavy atom. The van der Waals surface area contributed by atoms with Gasteiger partial charge in [-0.1, -0.05) is 33.6 Å². The molecular weight excluding hydrogens is 408 g/mol. The van der Waals surface area contributed by atoms with E-state index in [1.165, 1.54) is 11.3 Å². The molecule has 3 rings (SSSR count). The summed E-state index contributed by atoms with van der Waals surface area (Å²) in [7, 11) is 1.63. The van der Waals surface area contributed by atoms with Gasteiger partial charge in [0.1, 0.15) is 16.3 Å². The van der Waals surface area contributed by atoms with Crippen LogP contribution in [0.4, 0.5) is 0 Å². The Morgan fingerprint density at radius 1 is 1.38 bits per heavy atom. The number of halogens is 2. The van der Waals surface area contributed by atoms with Gasteiger partial charge in [-0.25, -0.2) is 4.98 Å². The molecule has 6 heteroatoms. The molecule has 0 aliphatic rings. The highest BCUT2D eigenvalue weighted by molar-refractivity contribution is 9.10. The van der Waals surface area contributed by atoms with E-state index in [0.29, 0.717) is 16.2 Å². The fraction of sp³-hybridized carbons (Fsp3) is 0.111. The van der Waals surface area contributed by atoms with Crippen LogP contribution in [-0.2, 0) is 0 Å². The molecule has 120 valence electrons. The first kappa shape index (κ1) is 17.0. The molecule has 24 heavy (non-hydrogen) atoms. The maximum Gasteiger partial charge on any atom is 0.146 e. The monoisotopic (exact) mass is 418 g/mol. The van der Waals surface area contributed by atoms with Crippen LogP contribution >= 0.6 is 38.9 Å². The van der Waals surface area contributed by atoms with Gasteiger partial charge in [0.25, 0.3) is 0 Å². The zero-order valence-electron chi connectivity index (χ0n) is 12.9. The van der Waals surface area contributed by atoms with Gasteiger partial charge in [0, 0.05) is 10.0 Å². The van der Waals surface area contributed by atoms with E-state index in [-0.39, 0.29) is 0 Å². The van der Waals surface area contributed by atoms with Gasteiger partial charge < -0.3 is 4.74 Å². The minimum Gasteiger partial charge on any atom is -0.494 e. The van der Waals surface area contributed by atoms with E-state index < -0.39 is 0 Å². The normalized spacial score (nSPS) is 11.5. The summed E-state index contributed by atoms with van der Waals surface area (Å²) in [6.07, 6.45) is 1.76. The second kappa shape index (κ2) is 6.94. The summed E-state index contributed by atoms with van der Waals surface area (Å²) in [6.45, 7) is 2.01. The molecule has 0 aliphatic carbocycles. The molecule has 2 aromatic carbocycles. The first-order chi connectivity index (χ1) is 11.5. The smallest absolute Gasteiger partial charge is 0.146 e. The standard InChI is InChI=1S/C18H12BrClN2OS/c1-10-5-15(23-2)18-16(6-10)24-17(22-18)7-11(9-21)13-4-3-12(19)8-14(13)20/h3-8H,1-2H3/b11-7+. The highest BCUT2D eigenvalue weighted by atomic mass is 79.9. The zero-order chi connectivity index (χ0) is 17.3. The fourth-order valence-corrected chi connectivity index (χ4v) is 4.17. The lowest BCUT2D eigenvalue weighted by Crippen LogP contribution is -1.86. The van der Waals surface area contributed by atoms with E-state index in [4.69, 9.17) is 16.3 Å². The zero-order valence-corrected chi connectivity index (χ0v) is 16.1. The van der Waals surface area contributed by atoms with Gasteiger partial charge >= 0.3 is 0 Å². The predicted octanol–water partition coefficient (Wildman–Crippen LogP) is 6.09. The van der Waals surface area contributed by atoms with E-state index in [1.807, 2.05) is 25.1 Å². The number of aromatic nitrogens is 1. The first-order valence-electron chi connectivity index (χ1n) is 7.04. The molecule has 0 spiro atoms. The highest BCUT2D eigenvalue weighted by Crippen LogP contribution is 2.34. The number of methoxy groups -OCH3 is 1. The molecular formula is C18H12BrClN2OS. The molecule has 0 unspecified atom stereocenters. The van der Waals surface area contributed by atoms with Crippen molar-refractivity contribution < 1.29 is 4.74 Å². The number of fused-ring (bicyclic) bond motifs is 1. The van der Waals surface area contributed by atoms with Crippen LogP contribution in [0.25, 0.3) is 21.9 Å². The van der Waals surface area contributed by atoms with Crippen molar-refractivity contribution in [2.75, 3.05) is 7.11 Å². The summed E-state index contributed by atoms with van der Waals surface area (Å²) >= 11 is 11.1. The van der Waals surface area contributed by atoms with Crippen LogP contribution in [0.15, 0.2) is 34.8 Å². The molecule has 0 aliphatic heterocycles. The second-order valence-electron chi connectivity index (χ2n) is 5.16. The van der Waals surface area contributed by atoms with E-state index in [1.54, 1.807) is 19.3 Å². The number of nitrogens with zero attached hydrogens (tertiary/aromatic N) is 2. The summed E-state index contributed by atoms with van der Waals surface area (Å²) in [5.74, 6) is 0.737. The third-order valence-corrected chi connectivity index (χ3v) is 5.21. The number of benzene rings is 2. The van der Waals surface area contributed by atoms with Crippen LogP contribution in [-0.4, -0.2) is 12.1 Å². The van der Waals surface area contributed by atoms with Gasteiger partial charge in [0.15, 0.2) is 0 Å². The number of rotatable bonds is 3. The SMILES string of the molecule is COc1cc(C)cc2sc(/C=C(\C#N)c3ccc(Br)cc3Cl)nc12. The van der Waals surface area contributed by atoms with Crippen molar-refractivity contribution in [1.82, 2.24) is 4.98 Å². The molecule has 0 radical (unpaired) electrons. The summed E-state index contributed by atoms with van der Waals surface area (Å²) in [4.78, 5) is 4.60. The predicted molar refractivity (Wildman–Crippen MR) is 104 cm³/mol. The van der Waals surface area contributed by atoms with Crippen molar-refractivity contribution in [2.45, 2.75) is 6.92 Å². The van der Waals surface area contributed by atoms with E-state index in [2.05, 4.69) is 33.0 Å². The Labute approximate surface area is 157 Å². The van der Waals surface area contributed by atoms with Crippen molar-refractivity contribution >= 4 is 60.7 Å². The summed E-state index contributed by atoms with van der Waals surface area (Å²) < 4.78 is 7.30. The maximum absolute atomic E-state index is 9.52. The second-order valence-corrected chi connectivity index (χ2v) is 7.55. The van der Waals surface area contributed by atoms with Crippen molar-refractivity contribution in [2.24, 2.45) is 0 Å². The minimum atomic E-state index is 0.474. The van der Waals surface area contributed by atoms with Gasteiger partial charge in [-0.3, -0.25) is 0 Å². The first-order valence-corrected chi connectivity index (χ1v) is 9.03. The maximum atomic E-state index is 9.52. The van der Waals surface area contributed by atoms with E-state index in [9.17, 15) is 5.26 Å². The molecule has 0 amide bonds. The van der Waals surface area contributed by atoms with Crippen molar-refractivity contribution in [1.29, 1.82) is 5.26 Å². The Morgan fingerprint density at radius 3 is 2.83 bits per heavy atom. The Bertz CT molecular complexity index is 1000. The fourth-order valence-electron chi connectivity index (χ4n) is 2.37. The molecule has 0 saturated heterocycles. The van der Waals surface area contributed by atoms with Crippen LogP contribution in [0.3, 0.4) is 0 Å². The van der Waals surface area contributed by atoms with Crippen LogP contribution in [0, 0.1) is 18.3 Å². The van der Waals surface area contributed by atoms with E-state index >= 15 is 0 Å². The van der Waals surface area contributed by atoms with E-state index in [0.717, 1.165) is 31.0 Å². The summed E-state index contributed by atoms with van der Waals surface area (Å²) in [5.41, 5.74) is 3.07. The minimum absolute atomic E-state index is 0.474. The number of nitriles is 1. The topological polar surface area (TPSA) is 45.9 Å². The summed E-state index contributed by atoms with van der Waals surface area (Å²) in [6, 6.07) is 11.7. The molecule has 0 N–H and O–H groups in total. The average molecular weight is 420 g/mol. The molecule has 1 heterocycles. The van der Waals surface area contributed by atoms with Crippen molar-refractivity contribution in [3.63, 3.8) is 0 Å². The third kappa shape index (κ3) is 3.32. The van der Waals surface area contributed by atoms with Crippen LogP contribution in [0.5, 0.6) is 5.75 Å². The molecule has 0 bridgehead atoms.